The van der Waals surface area contributed by atoms with Crippen LogP contribution in [0.15, 0.2) is 12.1 Å². The number of rotatable bonds is 8. The number of carbonyl (C=O) groups excluding carboxylic acids is 2. The second kappa shape index (κ2) is 10.9. The first-order chi connectivity index (χ1) is 14.9. The molecule has 3 rings (SSSR count). The van der Waals surface area contributed by atoms with Gasteiger partial charge >= 0.3 is 5.97 Å². The van der Waals surface area contributed by atoms with Crippen LogP contribution in [0.2, 0.25) is 10.0 Å². The summed E-state index contributed by atoms with van der Waals surface area (Å²) >= 11 is 12.2. The molecule has 11 heteroatoms. The van der Waals surface area contributed by atoms with Gasteiger partial charge in [0, 0.05) is 33.3 Å². The van der Waals surface area contributed by atoms with E-state index in [1.54, 1.807) is 31.1 Å². The van der Waals surface area contributed by atoms with Gasteiger partial charge in [0.2, 0.25) is 5.91 Å². The average Bonchev–Trinajstić information content (AvgIpc) is 2.77. The molecule has 2 aromatic rings. The quantitative estimate of drug-likeness (QED) is 0.428. The molecule has 0 atom stereocenters. The molecule has 168 valence electrons. The maximum Gasteiger partial charge on any atom is 0.360 e. The molecule has 0 saturated carbocycles. The summed E-state index contributed by atoms with van der Waals surface area (Å²) in [4.78, 5) is 37.6. The second-order valence-electron chi connectivity index (χ2n) is 6.78. The number of aromatic nitrogens is 2. The Kier molecular flexibility index (Phi) is 8.25. The Hall–Kier alpha value is -2.20. The third-order valence-corrected chi connectivity index (χ3v) is 5.47. The van der Waals surface area contributed by atoms with E-state index in [9.17, 15) is 9.59 Å². The molecule has 1 saturated heterocycles. The number of nitrogens with zero attached hydrogens (tertiary/aromatic N) is 4. The largest absolute Gasteiger partial charge is 0.461 e. The molecule has 9 nitrogen and oxygen atoms in total. The van der Waals surface area contributed by atoms with Gasteiger partial charge in [-0.15, -0.1) is 0 Å². The van der Waals surface area contributed by atoms with Crippen LogP contribution >= 0.6 is 23.2 Å². The molecule has 0 bridgehead atoms. The van der Waals surface area contributed by atoms with E-state index in [0.717, 1.165) is 0 Å². The molecule has 0 unspecified atom stereocenters. The highest BCUT2D eigenvalue weighted by molar-refractivity contribution is 6.42. The molecular formula is C20H24Cl2N4O5. The van der Waals surface area contributed by atoms with Crippen molar-refractivity contribution in [3.8, 4) is 0 Å². The number of piperazine rings is 1. The number of fused-ring (bicyclic) bond motifs is 1. The van der Waals surface area contributed by atoms with Gasteiger partial charge in [0.25, 0.3) is 0 Å². The maximum atomic E-state index is 12.5. The average molecular weight is 471 g/mol. The third-order valence-electron chi connectivity index (χ3n) is 4.75. The monoisotopic (exact) mass is 470 g/mol. The van der Waals surface area contributed by atoms with Gasteiger partial charge in [-0.05, 0) is 19.1 Å². The lowest BCUT2D eigenvalue weighted by molar-refractivity contribution is -0.136. The molecule has 2 heterocycles. The molecule has 1 aliphatic heterocycles. The van der Waals surface area contributed by atoms with Crippen molar-refractivity contribution >= 4 is 51.9 Å². The molecule has 31 heavy (non-hydrogen) atoms. The molecule has 0 radical (unpaired) electrons. The lowest BCUT2D eigenvalue weighted by Gasteiger charge is -2.35. The zero-order valence-corrected chi connectivity index (χ0v) is 18.9. The van der Waals surface area contributed by atoms with Crippen molar-refractivity contribution in [1.29, 1.82) is 0 Å². The normalized spacial score (nSPS) is 14.2. The first-order valence-electron chi connectivity index (χ1n) is 9.88. The van der Waals surface area contributed by atoms with Crippen LogP contribution < -0.4 is 4.90 Å². The fraction of sp³-hybridized carbons (Fsp3) is 0.500. The van der Waals surface area contributed by atoms with E-state index < -0.39 is 5.97 Å². The zero-order valence-electron chi connectivity index (χ0n) is 17.4. The standard InChI is InChI=1S/C20H24Cl2N4O5/c1-3-31-20(28)18-19(24-16-11-14(22)13(21)10-15(16)23-18)26-6-4-25(5-7-26)17(27)12-30-9-8-29-2/h10-11H,3-9,12H2,1-2H3. The molecule has 1 aliphatic rings. The van der Waals surface area contributed by atoms with Crippen LogP contribution in [-0.4, -0.2) is 86.5 Å². The number of carbonyl (C=O) groups is 2. The number of benzene rings is 1. The highest BCUT2D eigenvalue weighted by Gasteiger charge is 2.27. The number of ether oxygens (including phenoxy) is 3. The van der Waals surface area contributed by atoms with Gasteiger partial charge in [-0.3, -0.25) is 4.79 Å². The van der Waals surface area contributed by atoms with Crippen molar-refractivity contribution in [3.05, 3.63) is 27.9 Å². The fourth-order valence-electron chi connectivity index (χ4n) is 3.16. The predicted octanol–water partition coefficient (Wildman–Crippen LogP) is 2.42. The second-order valence-corrected chi connectivity index (χ2v) is 7.60. The highest BCUT2D eigenvalue weighted by Crippen LogP contribution is 2.29. The lowest BCUT2D eigenvalue weighted by Crippen LogP contribution is -2.50. The van der Waals surface area contributed by atoms with Gasteiger partial charge in [0.05, 0.1) is 40.9 Å². The summed E-state index contributed by atoms with van der Waals surface area (Å²) in [6, 6.07) is 3.18. The van der Waals surface area contributed by atoms with E-state index >= 15 is 0 Å². The van der Waals surface area contributed by atoms with Gasteiger partial charge in [0.1, 0.15) is 6.61 Å². The van der Waals surface area contributed by atoms with Crippen molar-refractivity contribution in [2.75, 3.05) is 64.6 Å². The van der Waals surface area contributed by atoms with E-state index in [-0.39, 0.29) is 24.8 Å². The van der Waals surface area contributed by atoms with Crippen molar-refractivity contribution in [1.82, 2.24) is 14.9 Å². The lowest BCUT2D eigenvalue weighted by atomic mass is 10.2. The van der Waals surface area contributed by atoms with Gasteiger partial charge in [0.15, 0.2) is 11.5 Å². The Balaban J connectivity index is 1.78. The first kappa shape index (κ1) is 23.5. The smallest absolute Gasteiger partial charge is 0.360 e. The summed E-state index contributed by atoms with van der Waals surface area (Å²) < 4.78 is 15.4. The minimum atomic E-state index is -0.567. The predicted molar refractivity (Wildman–Crippen MR) is 117 cm³/mol. The van der Waals surface area contributed by atoms with Crippen molar-refractivity contribution in [2.45, 2.75) is 6.92 Å². The number of amides is 1. The minimum absolute atomic E-state index is 0.00642. The van der Waals surface area contributed by atoms with Gasteiger partial charge in [-0.2, -0.15) is 0 Å². The number of methoxy groups -OCH3 is 1. The Bertz CT molecular complexity index is 951. The summed E-state index contributed by atoms with van der Waals surface area (Å²) in [5.74, 6) is -0.261. The minimum Gasteiger partial charge on any atom is -0.461 e. The van der Waals surface area contributed by atoms with Gasteiger partial charge < -0.3 is 24.0 Å². The molecule has 1 aromatic heterocycles. The van der Waals surface area contributed by atoms with Gasteiger partial charge in [-0.1, -0.05) is 23.2 Å². The highest BCUT2D eigenvalue weighted by atomic mass is 35.5. The van der Waals surface area contributed by atoms with Crippen LogP contribution in [0.4, 0.5) is 5.82 Å². The van der Waals surface area contributed by atoms with Crippen molar-refractivity contribution in [2.24, 2.45) is 0 Å². The van der Waals surface area contributed by atoms with E-state index in [1.165, 1.54) is 0 Å². The summed E-state index contributed by atoms with van der Waals surface area (Å²) in [7, 11) is 1.58. The van der Waals surface area contributed by atoms with Crippen LogP contribution in [0.3, 0.4) is 0 Å². The molecule has 1 amide bonds. The Labute approximate surface area is 190 Å². The number of anilines is 1. The molecule has 0 N–H and O–H groups in total. The maximum absolute atomic E-state index is 12.5. The first-order valence-corrected chi connectivity index (χ1v) is 10.6. The van der Waals surface area contributed by atoms with Crippen molar-refractivity contribution < 1.29 is 23.8 Å². The molecule has 0 spiro atoms. The van der Waals surface area contributed by atoms with Gasteiger partial charge in [-0.25, -0.2) is 14.8 Å². The molecule has 1 fully saturated rings. The summed E-state index contributed by atoms with van der Waals surface area (Å²) in [5.41, 5.74) is 1.07. The molecular weight excluding hydrogens is 447 g/mol. The van der Waals surface area contributed by atoms with E-state index in [4.69, 9.17) is 37.4 Å². The van der Waals surface area contributed by atoms with Crippen LogP contribution in [0.25, 0.3) is 11.0 Å². The summed E-state index contributed by atoms with van der Waals surface area (Å²) in [6.45, 7) is 4.65. The molecule has 0 aliphatic carbocycles. The van der Waals surface area contributed by atoms with E-state index in [2.05, 4.69) is 9.97 Å². The number of hydrogen-bond acceptors (Lipinski definition) is 8. The third kappa shape index (κ3) is 5.74. The van der Waals surface area contributed by atoms with Crippen LogP contribution in [0, 0.1) is 0 Å². The Morgan fingerprint density at radius 3 is 2.29 bits per heavy atom. The van der Waals surface area contributed by atoms with E-state index in [0.29, 0.717) is 66.3 Å². The van der Waals surface area contributed by atoms with Crippen LogP contribution in [-0.2, 0) is 19.0 Å². The molecule has 1 aromatic carbocycles. The number of hydrogen-bond donors (Lipinski definition) is 0. The zero-order chi connectivity index (χ0) is 22.4. The Morgan fingerprint density at radius 2 is 1.68 bits per heavy atom. The number of esters is 1. The van der Waals surface area contributed by atoms with Crippen LogP contribution in [0.5, 0.6) is 0 Å². The van der Waals surface area contributed by atoms with Crippen LogP contribution in [0.1, 0.15) is 17.4 Å². The van der Waals surface area contributed by atoms with Crippen molar-refractivity contribution in [3.63, 3.8) is 0 Å². The van der Waals surface area contributed by atoms with E-state index in [1.807, 2.05) is 4.90 Å². The topological polar surface area (TPSA) is 94.1 Å². The fourth-order valence-corrected chi connectivity index (χ4v) is 3.48. The Morgan fingerprint density at radius 1 is 1.03 bits per heavy atom. The summed E-state index contributed by atoms with van der Waals surface area (Å²) in [6.07, 6.45) is 0. The summed E-state index contributed by atoms with van der Waals surface area (Å²) in [5, 5.41) is 0.674. The SMILES string of the molecule is CCOC(=O)c1nc2cc(Cl)c(Cl)cc2nc1N1CCN(C(=O)COCCOC)CC1. The number of halogens is 2.